The second kappa shape index (κ2) is 8.16. The Bertz CT molecular complexity index is 1590. The van der Waals surface area contributed by atoms with Gasteiger partial charge >= 0.3 is 0 Å². The van der Waals surface area contributed by atoms with E-state index in [-0.39, 0.29) is 17.7 Å². The Kier molecular flexibility index (Phi) is 5.01. The zero-order chi connectivity index (χ0) is 25.9. The number of carbonyl (C=O) groups excluding carboxylic acids is 2. The van der Waals surface area contributed by atoms with Crippen LogP contribution in [0.5, 0.6) is 0 Å². The van der Waals surface area contributed by atoms with E-state index in [4.69, 9.17) is 5.73 Å². The van der Waals surface area contributed by atoms with Gasteiger partial charge in [0.15, 0.2) is 5.82 Å². The summed E-state index contributed by atoms with van der Waals surface area (Å²) in [6.45, 7) is 4.26. The van der Waals surface area contributed by atoms with Crippen molar-refractivity contribution in [1.29, 1.82) is 5.26 Å². The van der Waals surface area contributed by atoms with Gasteiger partial charge in [-0.05, 0) is 51.0 Å². The molecule has 3 N–H and O–H groups in total. The molecule has 11 nitrogen and oxygen atoms in total. The van der Waals surface area contributed by atoms with E-state index in [0.29, 0.717) is 41.4 Å². The van der Waals surface area contributed by atoms with Gasteiger partial charge in [-0.3, -0.25) is 14.7 Å². The Balaban J connectivity index is 1.45. The minimum absolute atomic E-state index is 0.0257. The molecule has 1 saturated heterocycles. The first-order chi connectivity index (χ1) is 17.8. The maximum Gasteiger partial charge on any atom is 0.252 e. The number of amides is 2. The second-order valence-electron chi connectivity index (χ2n) is 9.94. The van der Waals surface area contributed by atoms with Crippen LogP contribution in [0.15, 0.2) is 42.9 Å². The summed E-state index contributed by atoms with van der Waals surface area (Å²) in [5, 5.41) is 21.3. The van der Waals surface area contributed by atoms with Crippen molar-refractivity contribution >= 4 is 28.8 Å². The predicted molar refractivity (Wildman–Crippen MR) is 136 cm³/mol. The molecule has 1 aromatic carbocycles. The lowest BCUT2D eigenvalue weighted by atomic mass is 9.95. The third kappa shape index (κ3) is 3.52. The first-order valence-electron chi connectivity index (χ1n) is 12.1. The lowest BCUT2D eigenvalue weighted by Gasteiger charge is -2.46. The molecule has 2 amide bonds. The van der Waals surface area contributed by atoms with Crippen LogP contribution in [0.2, 0.25) is 0 Å². The predicted octanol–water partition coefficient (Wildman–Crippen LogP) is 2.60. The molecular formula is C26H25N9O2. The van der Waals surface area contributed by atoms with Crippen LogP contribution < -0.4 is 10.6 Å². The molecule has 0 atom stereocenters. The fourth-order valence-corrected chi connectivity index (χ4v) is 5.09. The Labute approximate surface area is 212 Å². The summed E-state index contributed by atoms with van der Waals surface area (Å²) in [6.07, 6.45) is 4.79. The van der Waals surface area contributed by atoms with Crippen LogP contribution >= 0.6 is 0 Å². The minimum atomic E-state index is -1.02. The van der Waals surface area contributed by atoms with Gasteiger partial charge in [-0.15, -0.1) is 0 Å². The van der Waals surface area contributed by atoms with E-state index in [9.17, 15) is 14.9 Å². The Morgan fingerprint density at radius 1 is 1.22 bits per heavy atom. The van der Waals surface area contributed by atoms with E-state index < -0.39 is 5.54 Å². The fraction of sp³-hybridized carbons (Fsp3) is 0.308. The van der Waals surface area contributed by atoms with Crippen molar-refractivity contribution in [2.45, 2.75) is 32.2 Å². The summed E-state index contributed by atoms with van der Waals surface area (Å²) < 4.78 is 1.70. The van der Waals surface area contributed by atoms with Crippen LogP contribution in [0.25, 0.3) is 28.0 Å². The number of aromatic amines is 1. The van der Waals surface area contributed by atoms with E-state index in [2.05, 4.69) is 26.3 Å². The van der Waals surface area contributed by atoms with E-state index >= 15 is 0 Å². The van der Waals surface area contributed by atoms with Crippen LogP contribution in [0, 0.1) is 17.2 Å². The first-order valence-corrected chi connectivity index (χ1v) is 12.1. The number of anilines is 2. The molecule has 1 aliphatic heterocycles. The van der Waals surface area contributed by atoms with Crippen molar-refractivity contribution in [2.24, 2.45) is 5.92 Å². The van der Waals surface area contributed by atoms with Crippen molar-refractivity contribution in [3.8, 4) is 28.6 Å². The number of hydrogen-bond donors (Lipinski definition) is 2. The van der Waals surface area contributed by atoms with Gasteiger partial charge in [-0.25, -0.2) is 9.50 Å². The van der Waals surface area contributed by atoms with Gasteiger partial charge in [-0.2, -0.15) is 15.5 Å². The summed E-state index contributed by atoms with van der Waals surface area (Å²) in [6, 6.07) is 11.3. The molecule has 6 rings (SSSR count). The van der Waals surface area contributed by atoms with Crippen LogP contribution in [0.1, 0.15) is 32.3 Å². The zero-order valence-electron chi connectivity index (χ0n) is 20.5. The summed E-state index contributed by atoms with van der Waals surface area (Å²) >= 11 is 0. The lowest BCUT2D eigenvalue weighted by molar-refractivity contribution is -0.148. The third-order valence-corrected chi connectivity index (χ3v) is 7.26. The standard InChI is InChI=1S/C26H25N9O2/c1-26(2)25(37)33(9-10-34(26)24(36)15-3-4-15)20-11-16(5-6-17(20)13-27)21-12-18(19-7-8-30-32-19)22-23(28)29-14-31-35(21)22/h5-8,11-12,14-15H,3-4,9-10H2,1-2H3,(H,30,32)(H2,28,29,31). The average molecular weight is 496 g/mol. The minimum Gasteiger partial charge on any atom is -0.382 e. The van der Waals surface area contributed by atoms with Crippen molar-refractivity contribution in [3.63, 3.8) is 0 Å². The topological polar surface area (TPSA) is 149 Å². The normalized spacial score (nSPS) is 17.3. The number of fused-ring (bicyclic) bond motifs is 1. The molecule has 0 radical (unpaired) electrons. The SMILES string of the molecule is CC1(C)C(=O)N(c2cc(-c3cc(-c4ccn[nH]4)c4c(N)ncnn34)ccc2C#N)CCN1C(=O)C1CC1. The van der Waals surface area contributed by atoms with Gasteiger partial charge < -0.3 is 15.5 Å². The third-order valence-electron chi connectivity index (χ3n) is 7.26. The summed E-state index contributed by atoms with van der Waals surface area (Å²) in [4.78, 5) is 34.0. The molecule has 0 unspecified atom stereocenters. The van der Waals surface area contributed by atoms with Gasteiger partial charge in [0.2, 0.25) is 5.91 Å². The molecular weight excluding hydrogens is 470 g/mol. The monoisotopic (exact) mass is 495 g/mol. The quantitative estimate of drug-likeness (QED) is 0.442. The molecule has 1 saturated carbocycles. The van der Waals surface area contributed by atoms with E-state index in [1.165, 1.54) is 6.33 Å². The number of nitrogens with one attached hydrogen (secondary N) is 1. The van der Waals surface area contributed by atoms with Crippen molar-refractivity contribution < 1.29 is 9.59 Å². The molecule has 2 fully saturated rings. The van der Waals surface area contributed by atoms with Crippen LogP contribution in [-0.2, 0) is 9.59 Å². The first kappa shape index (κ1) is 22.7. The smallest absolute Gasteiger partial charge is 0.252 e. The molecule has 0 spiro atoms. The number of nitrogens with two attached hydrogens (primary N) is 1. The summed E-state index contributed by atoms with van der Waals surface area (Å²) in [5.41, 5.74) is 9.70. The highest BCUT2D eigenvalue weighted by molar-refractivity contribution is 6.04. The van der Waals surface area contributed by atoms with Crippen LogP contribution in [0.4, 0.5) is 11.5 Å². The number of nitrogens with zero attached hydrogens (tertiary/aromatic N) is 7. The van der Waals surface area contributed by atoms with Gasteiger partial charge in [0, 0.05) is 36.3 Å². The van der Waals surface area contributed by atoms with Gasteiger partial charge in [0.25, 0.3) is 5.91 Å². The maximum atomic E-state index is 13.7. The number of benzene rings is 1. The number of rotatable bonds is 4. The molecule has 2 aliphatic rings. The van der Waals surface area contributed by atoms with Gasteiger partial charge in [-0.1, -0.05) is 6.07 Å². The lowest BCUT2D eigenvalue weighted by Crippen LogP contribution is -2.65. The fourth-order valence-electron chi connectivity index (χ4n) is 5.09. The highest BCUT2D eigenvalue weighted by Gasteiger charge is 2.48. The van der Waals surface area contributed by atoms with E-state index in [0.717, 1.165) is 29.7 Å². The summed E-state index contributed by atoms with van der Waals surface area (Å²) in [5.74, 6) is 0.160. The van der Waals surface area contributed by atoms with Gasteiger partial charge in [0.05, 0.1) is 22.6 Å². The average Bonchev–Trinajstić information content (AvgIpc) is 3.45. The molecule has 37 heavy (non-hydrogen) atoms. The Morgan fingerprint density at radius 3 is 2.73 bits per heavy atom. The number of aromatic nitrogens is 5. The highest BCUT2D eigenvalue weighted by atomic mass is 16.2. The number of piperazine rings is 1. The van der Waals surface area contributed by atoms with Crippen molar-refractivity contribution in [2.75, 3.05) is 23.7 Å². The molecule has 4 aromatic rings. The summed E-state index contributed by atoms with van der Waals surface area (Å²) in [7, 11) is 0. The van der Waals surface area contributed by atoms with Gasteiger partial charge in [0.1, 0.15) is 23.5 Å². The van der Waals surface area contributed by atoms with Crippen LogP contribution in [0.3, 0.4) is 0 Å². The molecule has 11 heteroatoms. The number of nitriles is 1. The maximum absolute atomic E-state index is 13.7. The molecule has 186 valence electrons. The molecule has 0 bridgehead atoms. The number of hydrogen-bond acceptors (Lipinski definition) is 7. The highest BCUT2D eigenvalue weighted by Crippen LogP contribution is 2.39. The molecule has 4 heterocycles. The molecule has 3 aromatic heterocycles. The molecule has 1 aliphatic carbocycles. The van der Waals surface area contributed by atoms with Crippen molar-refractivity contribution in [1.82, 2.24) is 29.7 Å². The Morgan fingerprint density at radius 2 is 2.03 bits per heavy atom. The largest absolute Gasteiger partial charge is 0.382 e. The van der Waals surface area contributed by atoms with E-state index in [1.807, 2.05) is 24.3 Å². The number of H-pyrrole nitrogens is 1. The zero-order valence-corrected chi connectivity index (χ0v) is 20.5. The number of carbonyl (C=O) groups is 2. The Hall–Kier alpha value is -4.72. The van der Waals surface area contributed by atoms with Crippen LogP contribution in [-0.4, -0.2) is 60.1 Å². The van der Waals surface area contributed by atoms with Crippen molar-refractivity contribution in [3.05, 3.63) is 48.4 Å². The van der Waals surface area contributed by atoms with E-state index in [1.54, 1.807) is 40.4 Å². The second-order valence-corrected chi connectivity index (χ2v) is 9.94. The number of nitrogen functional groups attached to an aromatic ring is 1.